The molecule has 0 radical (unpaired) electrons. The summed E-state index contributed by atoms with van der Waals surface area (Å²) in [4.78, 5) is 14.6. The molecular weight excluding hydrogens is 304 g/mol. The zero-order valence-corrected chi connectivity index (χ0v) is 14.1. The number of likely N-dealkylation sites (tertiary alicyclic amines) is 1. The standard InChI is InChI=1S/C19H22N2OS/c1-23-17-12-13-21(14-17)19(22)20-18(15-8-4-2-5-9-15)16-10-6-3-7-11-16/h2-11,17-18H,12-14H2,1H3,(H,20,22). The third kappa shape index (κ3) is 3.88. The zero-order chi connectivity index (χ0) is 16.1. The fourth-order valence-corrected chi connectivity index (χ4v) is 3.64. The molecule has 1 fully saturated rings. The normalized spacial score (nSPS) is 17.5. The van der Waals surface area contributed by atoms with E-state index >= 15 is 0 Å². The fraction of sp³-hybridized carbons (Fsp3) is 0.316. The minimum atomic E-state index is -0.113. The largest absolute Gasteiger partial charge is 0.327 e. The number of nitrogens with one attached hydrogen (secondary N) is 1. The van der Waals surface area contributed by atoms with Crippen molar-refractivity contribution >= 4 is 17.8 Å². The molecule has 0 spiro atoms. The summed E-state index contributed by atoms with van der Waals surface area (Å²) in [7, 11) is 0. The van der Waals surface area contributed by atoms with Crippen LogP contribution in [0.5, 0.6) is 0 Å². The minimum absolute atomic E-state index is 0.0271. The Labute approximate surface area is 142 Å². The first-order chi connectivity index (χ1) is 11.3. The van der Waals surface area contributed by atoms with Crippen LogP contribution >= 0.6 is 11.8 Å². The first kappa shape index (κ1) is 15.9. The molecule has 1 heterocycles. The van der Waals surface area contributed by atoms with Crippen molar-refractivity contribution < 1.29 is 4.79 Å². The van der Waals surface area contributed by atoms with Crippen molar-refractivity contribution in [3.63, 3.8) is 0 Å². The number of thioether (sulfide) groups is 1. The van der Waals surface area contributed by atoms with E-state index < -0.39 is 0 Å². The molecule has 2 amide bonds. The van der Waals surface area contributed by atoms with Gasteiger partial charge in [0.2, 0.25) is 0 Å². The Morgan fingerprint density at radius 3 is 2.13 bits per heavy atom. The van der Waals surface area contributed by atoms with Crippen molar-refractivity contribution in [2.75, 3.05) is 19.3 Å². The number of urea groups is 1. The summed E-state index contributed by atoms with van der Waals surface area (Å²) >= 11 is 1.84. The highest BCUT2D eigenvalue weighted by molar-refractivity contribution is 7.99. The number of benzene rings is 2. The van der Waals surface area contributed by atoms with Gasteiger partial charge in [-0.3, -0.25) is 0 Å². The van der Waals surface area contributed by atoms with Crippen molar-refractivity contribution in [1.82, 2.24) is 10.2 Å². The highest BCUT2D eigenvalue weighted by Crippen LogP contribution is 2.24. The van der Waals surface area contributed by atoms with Crippen LogP contribution in [-0.2, 0) is 0 Å². The van der Waals surface area contributed by atoms with Crippen molar-refractivity contribution in [2.24, 2.45) is 0 Å². The van der Waals surface area contributed by atoms with E-state index in [-0.39, 0.29) is 12.1 Å². The van der Waals surface area contributed by atoms with Crippen LogP contribution in [0.3, 0.4) is 0 Å². The number of carbonyl (C=O) groups excluding carboxylic acids is 1. The average Bonchev–Trinajstić information content (AvgIpc) is 3.10. The van der Waals surface area contributed by atoms with Crippen LogP contribution in [0, 0.1) is 0 Å². The number of nitrogens with zero attached hydrogens (tertiary/aromatic N) is 1. The quantitative estimate of drug-likeness (QED) is 0.923. The molecule has 23 heavy (non-hydrogen) atoms. The molecule has 1 N–H and O–H groups in total. The van der Waals surface area contributed by atoms with Crippen LogP contribution in [0.15, 0.2) is 60.7 Å². The summed E-state index contributed by atoms with van der Waals surface area (Å²) in [5.74, 6) is 0. The van der Waals surface area contributed by atoms with E-state index in [4.69, 9.17) is 0 Å². The van der Waals surface area contributed by atoms with Crippen molar-refractivity contribution in [2.45, 2.75) is 17.7 Å². The van der Waals surface area contributed by atoms with Gasteiger partial charge >= 0.3 is 6.03 Å². The van der Waals surface area contributed by atoms with E-state index in [0.717, 1.165) is 30.6 Å². The maximum Gasteiger partial charge on any atom is 0.318 e. The smallest absolute Gasteiger partial charge is 0.318 e. The van der Waals surface area contributed by atoms with Crippen LogP contribution < -0.4 is 5.32 Å². The first-order valence-electron chi connectivity index (χ1n) is 7.96. The molecule has 1 unspecified atom stereocenters. The van der Waals surface area contributed by atoms with Crippen molar-refractivity contribution in [3.05, 3.63) is 71.8 Å². The van der Waals surface area contributed by atoms with Gasteiger partial charge in [0.25, 0.3) is 0 Å². The predicted molar refractivity (Wildman–Crippen MR) is 96.8 cm³/mol. The Hall–Kier alpha value is -1.94. The van der Waals surface area contributed by atoms with Crippen LogP contribution in [0.2, 0.25) is 0 Å². The lowest BCUT2D eigenvalue weighted by atomic mass is 9.99. The predicted octanol–water partition coefficient (Wildman–Crippen LogP) is 3.92. The molecule has 1 aliphatic heterocycles. The summed E-state index contributed by atoms with van der Waals surface area (Å²) in [5, 5.41) is 3.78. The number of rotatable bonds is 4. The van der Waals surface area contributed by atoms with E-state index in [2.05, 4.69) is 35.8 Å². The molecule has 1 atom stereocenters. The second-order valence-corrected chi connectivity index (χ2v) is 6.93. The van der Waals surface area contributed by atoms with E-state index in [1.807, 2.05) is 53.1 Å². The molecule has 1 aliphatic rings. The second kappa shape index (κ2) is 7.55. The number of hydrogen-bond acceptors (Lipinski definition) is 2. The summed E-state index contributed by atoms with van der Waals surface area (Å²) < 4.78 is 0. The van der Waals surface area contributed by atoms with Crippen LogP contribution in [0.1, 0.15) is 23.6 Å². The molecule has 4 heteroatoms. The molecule has 0 aliphatic carbocycles. The highest BCUT2D eigenvalue weighted by atomic mass is 32.2. The lowest BCUT2D eigenvalue weighted by Gasteiger charge is -2.24. The first-order valence-corrected chi connectivity index (χ1v) is 9.25. The third-order valence-electron chi connectivity index (χ3n) is 4.30. The molecule has 3 rings (SSSR count). The van der Waals surface area contributed by atoms with Gasteiger partial charge in [-0.25, -0.2) is 4.79 Å². The molecule has 2 aromatic rings. The Kier molecular flexibility index (Phi) is 5.23. The van der Waals surface area contributed by atoms with Crippen LogP contribution in [0.4, 0.5) is 4.79 Å². The van der Waals surface area contributed by atoms with Gasteiger partial charge in [-0.05, 0) is 23.8 Å². The van der Waals surface area contributed by atoms with E-state index in [1.54, 1.807) is 0 Å². The molecule has 0 saturated carbocycles. The molecule has 120 valence electrons. The Morgan fingerprint density at radius 1 is 1.09 bits per heavy atom. The highest BCUT2D eigenvalue weighted by Gasteiger charge is 2.27. The zero-order valence-electron chi connectivity index (χ0n) is 13.3. The van der Waals surface area contributed by atoms with E-state index in [1.165, 1.54) is 0 Å². The summed E-state index contributed by atoms with van der Waals surface area (Å²) in [6, 6.07) is 20.2. The number of amides is 2. The lowest BCUT2D eigenvalue weighted by molar-refractivity contribution is 0.206. The average molecular weight is 326 g/mol. The van der Waals surface area contributed by atoms with Gasteiger partial charge in [-0.2, -0.15) is 11.8 Å². The number of carbonyl (C=O) groups is 1. The van der Waals surface area contributed by atoms with E-state index in [0.29, 0.717) is 5.25 Å². The maximum atomic E-state index is 12.7. The van der Waals surface area contributed by atoms with Gasteiger partial charge in [0.1, 0.15) is 0 Å². The van der Waals surface area contributed by atoms with Crippen molar-refractivity contribution in [1.29, 1.82) is 0 Å². The van der Waals surface area contributed by atoms with E-state index in [9.17, 15) is 4.79 Å². The Morgan fingerprint density at radius 2 is 1.65 bits per heavy atom. The lowest BCUT2D eigenvalue weighted by Crippen LogP contribution is -2.40. The fourth-order valence-electron chi connectivity index (χ4n) is 2.97. The maximum absolute atomic E-state index is 12.7. The second-order valence-electron chi connectivity index (χ2n) is 5.80. The molecule has 2 aromatic carbocycles. The minimum Gasteiger partial charge on any atom is -0.327 e. The molecule has 0 bridgehead atoms. The van der Waals surface area contributed by atoms with Gasteiger partial charge in [0.05, 0.1) is 6.04 Å². The topological polar surface area (TPSA) is 32.3 Å². The monoisotopic (exact) mass is 326 g/mol. The van der Waals surface area contributed by atoms with Gasteiger partial charge in [-0.15, -0.1) is 0 Å². The number of hydrogen-bond donors (Lipinski definition) is 1. The molecule has 0 aromatic heterocycles. The Bertz CT molecular complexity index is 593. The van der Waals surface area contributed by atoms with Gasteiger partial charge < -0.3 is 10.2 Å². The van der Waals surface area contributed by atoms with Gasteiger partial charge in [0.15, 0.2) is 0 Å². The third-order valence-corrected chi connectivity index (χ3v) is 5.35. The summed E-state index contributed by atoms with van der Waals surface area (Å²) in [6.45, 7) is 1.68. The van der Waals surface area contributed by atoms with Crippen LogP contribution in [0.25, 0.3) is 0 Å². The van der Waals surface area contributed by atoms with Crippen molar-refractivity contribution in [3.8, 4) is 0 Å². The molecule has 3 nitrogen and oxygen atoms in total. The van der Waals surface area contributed by atoms with Gasteiger partial charge in [0, 0.05) is 18.3 Å². The molecular formula is C19H22N2OS. The Balaban J connectivity index is 1.78. The van der Waals surface area contributed by atoms with Gasteiger partial charge in [-0.1, -0.05) is 60.7 Å². The summed E-state index contributed by atoms with van der Waals surface area (Å²) in [6.07, 6.45) is 3.19. The van der Waals surface area contributed by atoms with Crippen LogP contribution in [-0.4, -0.2) is 35.5 Å². The SMILES string of the molecule is CSC1CCN(C(=O)NC(c2ccccc2)c2ccccc2)C1. The summed E-state index contributed by atoms with van der Waals surface area (Å²) in [5.41, 5.74) is 2.21. The molecule has 1 saturated heterocycles.